The van der Waals surface area contributed by atoms with Crippen LogP contribution in [-0.4, -0.2) is 13.2 Å². The van der Waals surface area contributed by atoms with Crippen LogP contribution in [0.5, 0.6) is 11.5 Å². The van der Waals surface area contributed by atoms with E-state index in [-0.39, 0.29) is 0 Å². The number of ether oxygens (including phenoxy) is 2. The first-order valence-electron chi connectivity index (χ1n) is 8.00. The average molecular weight is 365 g/mol. The smallest absolute Gasteiger partial charge is 0.181 e. The minimum atomic E-state index is 0.451. The molecule has 0 radical (unpaired) electrons. The molecule has 0 aliphatic carbocycles. The minimum absolute atomic E-state index is 0.451. The molecule has 4 heterocycles. The third-order valence-electron chi connectivity index (χ3n) is 4.03. The molecular formula is C18H20O2S3. The van der Waals surface area contributed by atoms with Crippen molar-refractivity contribution in [1.82, 2.24) is 0 Å². The molecule has 0 saturated heterocycles. The van der Waals surface area contributed by atoms with E-state index in [2.05, 4.69) is 39.1 Å². The van der Waals surface area contributed by atoms with Crippen molar-refractivity contribution in [3.8, 4) is 21.3 Å². The summed E-state index contributed by atoms with van der Waals surface area (Å²) >= 11 is 5.62. The average Bonchev–Trinajstić information content (AvgIpc) is 3.19. The Balaban J connectivity index is 1.96. The third kappa shape index (κ3) is 2.41. The molecular weight excluding hydrogens is 344 g/mol. The Labute approximate surface area is 148 Å². The topological polar surface area (TPSA) is 18.5 Å². The number of thiophene rings is 3. The second-order valence-electron chi connectivity index (χ2n) is 6.42. The lowest BCUT2D eigenvalue weighted by Gasteiger charge is -2.17. The van der Waals surface area contributed by atoms with Crippen molar-refractivity contribution in [1.29, 1.82) is 0 Å². The number of rotatable bonds is 3. The van der Waals surface area contributed by atoms with Gasteiger partial charge in [0.05, 0.1) is 14.6 Å². The molecule has 122 valence electrons. The van der Waals surface area contributed by atoms with Crippen molar-refractivity contribution in [2.45, 2.75) is 39.5 Å². The largest absolute Gasteiger partial charge is 0.485 e. The van der Waals surface area contributed by atoms with E-state index in [1.807, 2.05) is 34.0 Å². The maximum Gasteiger partial charge on any atom is 0.181 e. The summed E-state index contributed by atoms with van der Waals surface area (Å²) in [6, 6.07) is 2.25. The molecule has 23 heavy (non-hydrogen) atoms. The van der Waals surface area contributed by atoms with E-state index < -0.39 is 0 Å². The highest BCUT2D eigenvalue weighted by molar-refractivity contribution is 7.28. The Morgan fingerprint density at radius 2 is 1.52 bits per heavy atom. The van der Waals surface area contributed by atoms with Gasteiger partial charge in [0.25, 0.3) is 0 Å². The number of hydrogen-bond acceptors (Lipinski definition) is 5. The summed E-state index contributed by atoms with van der Waals surface area (Å²) in [6.07, 6.45) is 0. The zero-order chi connectivity index (χ0) is 16.1. The van der Waals surface area contributed by atoms with Crippen LogP contribution < -0.4 is 9.47 Å². The van der Waals surface area contributed by atoms with E-state index >= 15 is 0 Å². The molecule has 0 unspecified atom stereocenters. The van der Waals surface area contributed by atoms with E-state index in [0.717, 1.165) is 11.5 Å². The normalized spacial score (nSPS) is 14.3. The zero-order valence-corrected chi connectivity index (χ0v) is 16.2. The van der Waals surface area contributed by atoms with Gasteiger partial charge in [-0.05, 0) is 23.3 Å². The summed E-state index contributed by atoms with van der Waals surface area (Å²) in [5, 5.41) is 3.57. The first kappa shape index (κ1) is 15.5. The molecule has 0 atom stereocenters. The molecule has 1 aliphatic heterocycles. The van der Waals surface area contributed by atoms with Gasteiger partial charge in [-0.1, -0.05) is 27.7 Å². The Bertz CT molecular complexity index is 851. The SMILES string of the molecule is CC(C)c1sc(-c2sc(C(C)C)c3sccc23)c2c1OCCO2. The highest BCUT2D eigenvalue weighted by Crippen LogP contribution is 2.56. The molecule has 0 saturated carbocycles. The molecule has 3 aromatic rings. The zero-order valence-electron chi connectivity index (χ0n) is 13.8. The maximum atomic E-state index is 6.03. The Morgan fingerprint density at radius 3 is 2.22 bits per heavy atom. The lowest BCUT2D eigenvalue weighted by atomic mass is 10.1. The molecule has 2 nitrogen and oxygen atoms in total. The Kier molecular flexibility index (Phi) is 3.90. The predicted molar refractivity (Wildman–Crippen MR) is 102 cm³/mol. The molecule has 4 rings (SSSR count). The first-order valence-corrected chi connectivity index (χ1v) is 10.5. The molecule has 5 heteroatoms. The van der Waals surface area contributed by atoms with Crippen LogP contribution in [0.2, 0.25) is 0 Å². The van der Waals surface area contributed by atoms with Gasteiger partial charge in [0.15, 0.2) is 11.5 Å². The van der Waals surface area contributed by atoms with Crippen LogP contribution in [0.3, 0.4) is 0 Å². The fraction of sp³-hybridized carbons (Fsp3) is 0.444. The monoisotopic (exact) mass is 364 g/mol. The standard InChI is InChI=1S/C18H20O2S3/c1-9(2)14-12-13(20-7-6-19-12)18(22-14)17-11-5-8-21-16(11)15(23-17)10(3)4/h5,8-10H,6-7H2,1-4H3. The van der Waals surface area contributed by atoms with Gasteiger partial charge in [-0.2, -0.15) is 0 Å². The summed E-state index contributed by atoms with van der Waals surface area (Å²) in [5.41, 5.74) is 0. The lowest BCUT2D eigenvalue weighted by Crippen LogP contribution is -2.15. The van der Waals surface area contributed by atoms with Crippen molar-refractivity contribution >= 4 is 44.1 Å². The van der Waals surface area contributed by atoms with E-state index in [9.17, 15) is 0 Å². The van der Waals surface area contributed by atoms with E-state index in [1.54, 1.807) is 0 Å². The second-order valence-corrected chi connectivity index (χ2v) is 9.44. The summed E-state index contributed by atoms with van der Waals surface area (Å²) in [6.45, 7) is 10.3. The van der Waals surface area contributed by atoms with Gasteiger partial charge < -0.3 is 9.47 Å². The summed E-state index contributed by atoms with van der Waals surface area (Å²) in [5.74, 6) is 2.95. The van der Waals surface area contributed by atoms with Crippen molar-refractivity contribution in [2.24, 2.45) is 0 Å². The fourth-order valence-corrected chi connectivity index (χ4v) is 6.78. The molecule has 3 aromatic heterocycles. The van der Waals surface area contributed by atoms with Gasteiger partial charge in [-0.3, -0.25) is 0 Å². The second kappa shape index (κ2) is 5.80. The van der Waals surface area contributed by atoms with Gasteiger partial charge in [-0.15, -0.1) is 34.0 Å². The van der Waals surface area contributed by atoms with E-state index in [4.69, 9.17) is 9.47 Å². The highest BCUT2D eigenvalue weighted by atomic mass is 32.1. The van der Waals surface area contributed by atoms with Gasteiger partial charge >= 0.3 is 0 Å². The Hall–Kier alpha value is -1.04. The molecule has 0 spiro atoms. The van der Waals surface area contributed by atoms with Crippen molar-refractivity contribution in [2.75, 3.05) is 13.2 Å². The van der Waals surface area contributed by atoms with Gasteiger partial charge in [0.1, 0.15) is 13.2 Å². The van der Waals surface area contributed by atoms with Crippen molar-refractivity contribution in [3.63, 3.8) is 0 Å². The molecule has 0 amide bonds. The summed E-state index contributed by atoms with van der Waals surface area (Å²) < 4.78 is 13.4. The van der Waals surface area contributed by atoms with E-state index in [0.29, 0.717) is 25.0 Å². The highest BCUT2D eigenvalue weighted by Gasteiger charge is 2.29. The van der Waals surface area contributed by atoms with E-state index in [1.165, 1.54) is 29.6 Å². The molecule has 0 aromatic carbocycles. The first-order chi connectivity index (χ1) is 11.1. The van der Waals surface area contributed by atoms with Crippen LogP contribution in [0, 0.1) is 0 Å². The Morgan fingerprint density at radius 1 is 0.870 bits per heavy atom. The maximum absolute atomic E-state index is 6.03. The molecule has 0 bridgehead atoms. The molecule has 0 N–H and O–H groups in total. The van der Waals surface area contributed by atoms with Crippen LogP contribution in [0.4, 0.5) is 0 Å². The van der Waals surface area contributed by atoms with Gasteiger partial charge in [-0.25, -0.2) is 0 Å². The molecule has 0 fully saturated rings. The molecule has 1 aliphatic rings. The quantitative estimate of drug-likeness (QED) is 0.514. The van der Waals surface area contributed by atoms with Crippen LogP contribution in [0.15, 0.2) is 11.4 Å². The van der Waals surface area contributed by atoms with Crippen LogP contribution >= 0.6 is 34.0 Å². The van der Waals surface area contributed by atoms with Crippen LogP contribution in [0.1, 0.15) is 49.3 Å². The van der Waals surface area contributed by atoms with Gasteiger partial charge in [0, 0.05) is 15.0 Å². The minimum Gasteiger partial charge on any atom is -0.485 e. The number of hydrogen-bond donors (Lipinski definition) is 0. The lowest BCUT2D eigenvalue weighted by molar-refractivity contribution is 0.172. The fourth-order valence-electron chi connectivity index (χ4n) is 2.94. The van der Waals surface area contributed by atoms with Crippen LogP contribution in [0.25, 0.3) is 19.8 Å². The van der Waals surface area contributed by atoms with Crippen LogP contribution in [-0.2, 0) is 0 Å². The predicted octanol–water partition coefficient (Wildman–Crippen LogP) is 6.71. The summed E-state index contributed by atoms with van der Waals surface area (Å²) in [4.78, 5) is 5.39. The summed E-state index contributed by atoms with van der Waals surface area (Å²) in [7, 11) is 0. The third-order valence-corrected chi connectivity index (χ3v) is 8.23. The van der Waals surface area contributed by atoms with Crippen molar-refractivity contribution < 1.29 is 9.47 Å². The van der Waals surface area contributed by atoms with Crippen molar-refractivity contribution in [3.05, 3.63) is 21.2 Å². The van der Waals surface area contributed by atoms with Gasteiger partial charge in [0.2, 0.25) is 0 Å². The number of fused-ring (bicyclic) bond motifs is 2.